The summed E-state index contributed by atoms with van der Waals surface area (Å²) in [5.74, 6) is 0.580. The summed E-state index contributed by atoms with van der Waals surface area (Å²) in [5.41, 5.74) is -0.0717. The topological polar surface area (TPSA) is 18.5 Å². The normalized spacial score (nSPS) is 12.5. The first-order valence-corrected chi connectivity index (χ1v) is 4.49. The van der Waals surface area contributed by atoms with E-state index in [4.69, 9.17) is 9.47 Å². The zero-order valence-electron chi connectivity index (χ0n) is 8.89. The molecule has 0 bridgehead atoms. The van der Waals surface area contributed by atoms with Crippen molar-refractivity contribution in [1.29, 1.82) is 0 Å². The molecule has 2 heteroatoms. The van der Waals surface area contributed by atoms with Crippen molar-refractivity contribution in [3.05, 3.63) is 6.61 Å². The van der Waals surface area contributed by atoms with Gasteiger partial charge in [0.1, 0.15) is 6.61 Å². The van der Waals surface area contributed by atoms with E-state index in [-0.39, 0.29) is 5.60 Å². The lowest BCUT2D eigenvalue weighted by Gasteiger charge is -2.19. The largest absolute Gasteiger partial charge is 0.373 e. The van der Waals surface area contributed by atoms with Gasteiger partial charge in [0, 0.05) is 6.61 Å². The molecule has 1 radical (unpaired) electrons. The third kappa shape index (κ3) is 9.92. The molecular formula is C10H21O2. The van der Waals surface area contributed by atoms with Gasteiger partial charge in [-0.3, -0.25) is 0 Å². The lowest BCUT2D eigenvalue weighted by molar-refractivity contribution is -0.0152. The van der Waals surface area contributed by atoms with Crippen molar-refractivity contribution >= 4 is 0 Å². The number of ether oxygens (including phenoxy) is 2. The van der Waals surface area contributed by atoms with Gasteiger partial charge in [-0.2, -0.15) is 0 Å². The molecule has 0 aliphatic rings. The minimum Gasteiger partial charge on any atom is -0.373 e. The molecule has 0 aliphatic carbocycles. The van der Waals surface area contributed by atoms with Crippen LogP contribution < -0.4 is 0 Å². The molecule has 0 heterocycles. The lowest BCUT2D eigenvalue weighted by Crippen LogP contribution is -2.20. The Morgan fingerprint density at radius 3 is 2.25 bits per heavy atom. The summed E-state index contributed by atoms with van der Waals surface area (Å²) >= 11 is 0. The minimum atomic E-state index is -0.0717. The molecule has 0 N–H and O–H groups in total. The molecule has 0 aromatic heterocycles. The van der Waals surface area contributed by atoms with Crippen molar-refractivity contribution in [3.63, 3.8) is 0 Å². The molecule has 12 heavy (non-hydrogen) atoms. The van der Waals surface area contributed by atoms with Gasteiger partial charge >= 0.3 is 0 Å². The Labute approximate surface area is 76.3 Å². The summed E-state index contributed by atoms with van der Waals surface area (Å²) in [4.78, 5) is 0. The summed E-state index contributed by atoms with van der Waals surface area (Å²) < 4.78 is 10.7. The lowest BCUT2D eigenvalue weighted by atomic mass is 10.2. The van der Waals surface area contributed by atoms with E-state index < -0.39 is 0 Å². The SMILES string of the molecule is CC(C)CO[CH]COC(C)(C)C. The summed E-state index contributed by atoms with van der Waals surface area (Å²) in [7, 11) is 0. The standard InChI is InChI=1S/C10H21O2/c1-9(2)8-11-6-7-12-10(3,4)5/h6,9H,7-8H2,1-5H3. The first-order chi connectivity index (χ1) is 5.42. The average Bonchev–Trinajstić information content (AvgIpc) is 1.83. The van der Waals surface area contributed by atoms with Gasteiger partial charge in [-0.15, -0.1) is 0 Å². The second-order valence-electron chi connectivity index (χ2n) is 4.32. The van der Waals surface area contributed by atoms with Crippen LogP contribution in [-0.2, 0) is 9.47 Å². The van der Waals surface area contributed by atoms with Gasteiger partial charge in [0.2, 0.25) is 0 Å². The highest BCUT2D eigenvalue weighted by Gasteiger charge is 2.09. The highest BCUT2D eigenvalue weighted by atomic mass is 16.5. The van der Waals surface area contributed by atoms with Gasteiger partial charge in [-0.1, -0.05) is 13.8 Å². The Morgan fingerprint density at radius 2 is 1.83 bits per heavy atom. The summed E-state index contributed by atoms with van der Waals surface area (Å²) in [5, 5.41) is 0. The molecule has 2 nitrogen and oxygen atoms in total. The van der Waals surface area contributed by atoms with Crippen LogP contribution in [0, 0.1) is 12.5 Å². The van der Waals surface area contributed by atoms with Gasteiger partial charge in [0.25, 0.3) is 0 Å². The van der Waals surface area contributed by atoms with Crippen molar-refractivity contribution in [2.75, 3.05) is 13.2 Å². The molecule has 0 saturated heterocycles. The smallest absolute Gasteiger partial charge is 0.109 e. The maximum atomic E-state index is 5.43. The van der Waals surface area contributed by atoms with Crippen molar-refractivity contribution in [1.82, 2.24) is 0 Å². The van der Waals surface area contributed by atoms with Crippen LogP contribution in [0.25, 0.3) is 0 Å². The van der Waals surface area contributed by atoms with Crippen LogP contribution in [0.1, 0.15) is 34.6 Å². The molecule has 0 aromatic rings. The molecule has 0 amide bonds. The predicted molar refractivity (Wildman–Crippen MR) is 50.8 cm³/mol. The Kier molecular flexibility index (Phi) is 5.51. The van der Waals surface area contributed by atoms with Crippen molar-refractivity contribution in [2.45, 2.75) is 40.2 Å². The first kappa shape index (κ1) is 11.9. The van der Waals surface area contributed by atoms with E-state index in [0.717, 1.165) is 6.61 Å². The average molecular weight is 173 g/mol. The first-order valence-electron chi connectivity index (χ1n) is 4.49. The maximum absolute atomic E-state index is 5.43. The fraction of sp³-hybridized carbons (Fsp3) is 0.900. The molecule has 0 fully saturated rings. The van der Waals surface area contributed by atoms with Gasteiger partial charge < -0.3 is 9.47 Å². The molecule has 0 saturated carbocycles. The van der Waals surface area contributed by atoms with Crippen LogP contribution in [0.4, 0.5) is 0 Å². The van der Waals surface area contributed by atoms with Crippen LogP contribution in [0.5, 0.6) is 0 Å². The van der Waals surface area contributed by atoms with E-state index in [1.807, 2.05) is 20.8 Å². The van der Waals surface area contributed by atoms with Crippen LogP contribution in [0.3, 0.4) is 0 Å². The van der Waals surface area contributed by atoms with Crippen molar-refractivity contribution < 1.29 is 9.47 Å². The van der Waals surface area contributed by atoms with Crippen LogP contribution in [0.2, 0.25) is 0 Å². The Balaban J connectivity index is 3.12. The monoisotopic (exact) mass is 173 g/mol. The summed E-state index contributed by atoms with van der Waals surface area (Å²) in [6.07, 6.45) is 0. The second-order valence-corrected chi connectivity index (χ2v) is 4.32. The van der Waals surface area contributed by atoms with Gasteiger partial charge in [-0.25, -0.2) is 0 Å². The van der Waals surface area contributed by atoms with Crippen molar-refractivity contribution in [2.24, 2.45) is 5.92 Å². The third-order valence-corrected chi connectivity index (χ3v) is 1.13. The highest BCUT2D eigenvalue weighted by Crippen LogP contribution is 2.06. The molecular weight excluding hydrogens is 152 g/mol. The maximum Gasteiger partial charge on any atom is 0.109 e. The molecule has 0 unspecified atom stereocenters. The predicted octanol–water partition coefficient (Wildman–Crippen LogP) is 2.64. The van der Waals surface area contributed by atoms with Gasteiger partial charge in [0.15, 0.2) is 0 Å². The summed E-state index contributed by atoms with van der Waals surface area (Å²) in [6.45, 7) is 13.4. The zero-order chi connectivity index (χ0) is 9.61. The van der Waals surface area contributed by atoms with E-state index >= 15 is 0 Å². The molecule has 0 rings (SSSR count). The molecule has 73 valence electrons. The highest BCUT2D eigenvalue weighted by molar-refractivity contribution is 4.61. The van der Waals surface area contributed by atoms with E-state index in [1.165, 1.54) is 0 Å². The summed E-state index contributed by atoms with van der Waals surface area (Å²) in [6, 6.07) is 0. The van der Waals surface area contributed by atoms with Crippen LogP contribution in [-0.4, -0.2) is 18.8 Å². The second kappa shape index (κ2) is 5.55. The fourth-order valence-corrected chi connectivity index (χ4v) is 0.593. The van der Waals surface area contributed by atoms with Gasteiger partial charge in [0.05, 0.1) is 12.2 Å². The molecule has 0 aliphatic heterocycles. The molecule has 0 atom stereocenters. The molecule has 0 spiro atoms. The Morgan fingerprint density at radius 1 is 1.25 bits per heavy atom. The fourth-order valence-electron chi connectivity index (χ4n) is 0.593. The Bertz CT molecular complexity index is 103. The van der Waals surface area contributed by atoms with E-state index in [9.17, 15) is 0 Å². The Hall–Kier alpha value is -0.0800. The van der Waals surface area contributed by atoms with Crippen LogP contribution >= 0.6 is 0 Å². The number of rotatable bonds is 5. The molecule has 0 aromatic carbocycles. The number of hydrogen-bond donors (Lipinski definition) is 0. The van der Waals surface area contributed by atoms with Gasteiger partial charge in [-0.05, 0) is 26.7 Å². The van der Waals surface area contributed by atoms with E-state index in [2.05, 4.69) is 13.8 Å². The van der Waals surface area contributed by atoms with Crippen LogP contribution in [0.15, 0.2) is 0 Å². The third-order valence-electron chi connectivity index (χ3n) is 1.13. The minimum absolute atomic E-state index is 0.0717. The van der Waals surface area contributed by atoms with Crippen molar-refractivity contribution in [3.8, 4) is 0 Å². The number of hydrogen-bond acceptors (Lipinski definition) is 2. The quantitative estimate of drug-likeness (QED) is 0.595. The van der Waals surface area contributed by atoms with E-state index in [1.54, 1.807) is 6.61 Å². The zero-order valence-corrected chi connectivity index (χ0v) is 8.89. The van der Waals surface area contributed by atoms with E-state index in [0.29, 0.717) is 12.5 Å².